The van der Waals surface area contributed by atoms with Gasteiger partial charge in [0.2, 0.25) is 0 Å². The summed E-state index contributed by atoms with van der Waals surface area (Å²) in [4.78, 5) is 15.5. The van der Waals surface area contributed by atoms with Crippen molar-refractivity contribution in [2.75, 3.05) is 5.75 Å². The van der Waals surface area contributed by atoms with Gasteiger partial charge < -0.3 is 14.4 Å². The molecule has 0 spiro atoms. The molecular formula is C17H24BNO4S. The van der Waals surface area contributed by atoms with Gasteiger partial charge in [-0.2, -0.15) is 0 Å². The molecule has 0 aliphatic carbocycles. The molecule has 1 saturated heterocycles. The van der Waals surface area contributed by atoms with E-state index >= 15 is 0 Å². The van der Waals surface area contributed by atoms with Crippen LogP contribution in [0.3, 0.4) is 0 Å². The third-order valence-electron chi connectivity index (χ3n) is 4.35. The fourth-order valence-corrected chi connectivity index (χ4v) is 2.83. The Labute approximate surface area is 148 Å². The second-order valence-electron chi connectivity index (χ2n) is 6.87. The molecule has 130 valence electrons. The zero-order valence-electron chi connectivity index (χ0n) is 14.8. The Balaban J connectivity index is 2.31. The van der Waals surface area contributed by atoms with Crippen molar-refractivity contribution in [2.24, 2.45) is 0 Å². The van der Waals surface area contributed by atoms with Crippen molar-refractivity contribution < 1.29 is 19.2 Å². The van der Waals surface area contributed by atoms with Crippen molar-refractivity contribution in [2.45, 2.75) is 52.4 Å². The Morgan fingerprint density at radius 3 is 2.46 bits per heavy atom. The summed E-state index contributed by atoms with van der Waals surface area (Å²) in [6.45, 7) is 9.46. The summed E-state index contributed by atoms with van der Waals surface area (Å²) in [5.74, 6) is 0.482. The summed E-state index contributed by atoms with van der Waals surface area (Å²) in [5.41, 5.74) is 1.56. The molecule has 0 aromatic carbocycles. The van der Waals surface area contributed by atoms with E-state index in [9.17, 15) is 9.90 Å². The molecule has 7 heteroatoms. The lowest BCUT2D eigenvalue weighted by Crippen LogP contribution is -2.41. The van der Waals surface area contributed by atoms with E-state index in [2.05, 4.69) is 4.98 Å². The van der Waals surface area contributed by atoms with E-state index in [0.29, 0.717) is 5.75 Å². The second kappa shape index (κ2) is 7.39. The maximum Gasteiger partial charge on any atom is 0.491 e. The molecule has 0 amide bonds. The predicted octanol–water partition coefficient (Wildman–Crippen LogP) is 2.87. The Morgan fingerprint density at radius 2 is 1.92 bits per heavy atom. The van der Waals surface area contributed by atoms with Crippen LogP contribution in [-0.2, 0) is 20.7 Å². The minimum atomic E-state index is -0.514. The fourth-order valence-electron chi connectivity index (χ4n) is 2.24. The third-order valence-corrected chi connectivity index (χ3v) is 5.23. The van der Waals surface area contributed by atoms with E-state index in [1.165, 1.54) is 11.8 Å². The SMILES string of the molecule is CC(=O)SCC(=Cc1cncc(CO)c1)B1OC(C)(C)C(C)(C)O1. The van der Waals surface area contributed by atoms with Gasteiger partial charge in [-0.05, 0) is 50.4 Å². The van der Waals surface area contributed by atoms with Crippen molar-refractivity contribution in [1.29, 1.82) is 0 Å². The van der Waals surface area contributed by atoms with Crippen LogP contribution in [0.5, 0.6) is 0 Å². The van der Waals surface area contributed by atoms with Crippen molar-refractivity contribution in [3.05, 3.63) is 35.1 Å². The average molecular weight is 349 g/mol. The van der Waals surface area contributed by atoms with Crippen LogP contribution in [0.25, 0.3) is 6.08 Å². The summed E-state index contributed by atoms with van der Waals surface area (Å²) in [5, 5.41) is 9.30. The van der Waals surface area contributed by atoms with Crippen LogP contribution in [0.4, 0.5) is 0 Å². The first-order valence-corrected chi connectivity index (χ1v) is 8.87. The number of aromatic nitrogens is 1. The molecule has 5 nitrogen and oxygen atoms in total. The Bertz CT molecular complexity index is 629. The van der Waals surface area contributed by atoms with Crippen molar-refractivity contribution in [3.8, 4) is 0 Å². The van der Waals surface area contributed by atoms with Gasteiger partial charge in [-0.15, -0.1) is 0 Å². The first kappa shape index (κ1) is 19.2. The van der Waals surface area contributed by atoms with Crippen LogP contribution in [0, 0.1) is 0 Å². The van der Waals surface area contributed by atoms with Crippen LogP contribution < -0.4 is 0 Å². The highest BCUT2D eigenvalue weighted by molar-refractivity contribution is 8.13. The number of hydrogen-bond acceptors (Lipinski definition) is 6. The molecule has 0 radical (unpaired) electrons. The largest absolute Gasteiger partial charge is 0.491 e. The normalized spacial score (nSPS) is 19.6. The second-order valence-corrected chi connectivity index (χ2v) is 8.02. The van der Waals surface area contributed by atoms with Crippen LogP contribution in [-0.4, -0.2) is 39.3 Å². The number of aliphatic hydroxyl groups excluding tert-OH is 1. The van der Waals surface area contributed by atoms with Gasteiger partial charge in [0.1, 0.15) is 0 Å². The van der Waals surface area contributed by atoms with Gasteiger partial charge in [0, 0.05) is 25.1 Å². The number of hydrogen-bond donors (Lipinski definition) is 1. The van der Waals surface area contributed by atoms with Crippen molar-refractivity contribution in [1.82, 2.24) is 4.98 Å². The quantitative estimate of drug-likeness (QED) is 0.825. The molecule has 0 atom stereocenters. The molecule has 0 bridgehead atoms. The van der Waals surface area contributed by atoms with Gasteiger partial charge in [0.25, 0.3) is 0 Å². The standard InChI is InChI=1S/C17H24BNO4S/c1-12(21)24-11-15(7-13-6-14(10-20)9-19-8-13)18-22-16(2,3)17(4,5)23-18/h6-9,20H,10-11H2,1-5H3. The van der Waals surface area contributed by atoms with Gasteiger partial charge in [-0.25, -0.2) is 0 Å². The molecule has 1 N–H and O–H groups in total. The first-order chi connectivity index (χ1) is 11.1. The first-order valence-electron chi connectivity index (χ1n) is 7.89. The lowest BCUT2D eigenvalue weighted by Gasteiger charge is -2.32. The van der Waals surface area contributed by atoms with Crippen molar-refractivity contribution in [3.63, 3.8) is 0 Å². The molecule has 1 aliphatic rings. The molecule has 1 aromatic heterocycles. The van der Waals surface area contributed by atoms with Gasteiger partial charge >= 0.3 is 7.12 Å². The molecule has 1 aliphatic heterocycles. The monoisotopic (exact) mass is 349 g/mol. The van der Waals surface area contributed by atoms with E-state index in [-0.39, 0.29) is 11.7 Å². The highest BCUT2D eigenvalue weighted by Crippen LogP contribution is 2.39. The predicted molar refractivity (Wildman–Crippen MR) is 97.4 cm³/mol. The maximum absolute atomic E-state index is 11.4. The number of carbonyl (C=O) groups excluding carboxylic acids is 1. The van der Waals surface area contributed by atoms with Crippen LogP contribution in [0.2, 0.25) is 0 Å². The number of pyridine rings is 1. The molecule has 2 heterocycles. The summed E-state index contributed by atoms with van der Waals surface area (Å²) in [6.07, 6.45) is 5.25. The number of carbonyl (C=O) groups is 1. The molecular weight excluding hydrogens is 325 g/mol. The fraction of sp³-hybridized carbons (Fsp3) is 0.529. The molecule has 2 rings (SSSR count). The van der Waals surface area contributed by atoms with E-state index in [0.717, 1.165) is 16.6 Å². The molecule has 1 aromatic rings. The summed E-state index contributed by atoms with van der Waals surface area (Å²) in [6, 6.07) is 1.86. The molecule has 0 unspecified atom stereocenters. The highest BCUT2D eigenvalue weighted by Gasteiger charge is 2.52. The van der Waals surface area contributed by atoms with E-state index in [1.807, 2.05) is 39.8 Å². The smallest absolute Gasteiger partial charge is 0.400 e. The van der Waals surface area contributed by atoms with Gasteiger partial charge in [0.05, 0.1) is 17.8 Å². The van der Waals surface area contributed by atoms with Gasteiger partial charge in [0.15, 0.2) is 5.12 Å². The summed E-state index contributed by atoms with van der Waals surface area (Å²) in [7, 11) is -0.514. The van der Waals surface area contributed by atoms with Crippen LogP contribution >= 0.6 is 11.8 Å². The van der Waals surface area contributed by atoms with E-state index < -0.39 is 18.3 Å². The lowest BCUT2D eigenvalue weighted by molar-refractivity contribution is -0.109. The highest BCUT2D eigenvalue weighted by atomic mass is 32.2. The Morgan fingerprint density at radius 1 is 1.29 bits per heavy atom. The zero-order valence-corrected chi connectivity index (χ0v) is 15.6. The lowest BCUT2D eigenvalue weighted by atomic mass is 9.78. The summed E-state index contributed by atoms with van der Waals surface area (Å²) < 4.78 is 12.2. The van der Waals surface area contributed by atoms with Crippen molar-refractivity contribution >= 4 is 30.1 Å². The van der Waals surface area contributed by atoms with Gasteiger partial charge in [-0.1, -0.05) is 17.8 Å². The molecule has 0 saturated carbocycles. The minimum absolute atomic E-state index is 0.0413. The van der Waals surface area contributed by atoms with Gasteiger partial charge in [-0.3, -0.25) is 9.78 Å². The molecule has 1 fully saturated rings. The van der Waals surface area contributed by atoms with Crippen LogP contribution in [0.1, 0.15) is 45.7 Å². The number of nitrogens with zero attached hydrogens (tertiary/aromatic N) is 1. The maximum atomic E-state index is 11.4. The topological polar surface area (TPSA) is 68.7 Å². The minimum Gasteiger partial charge on any atom is -0.400 e. The van der Waals surface area contributed by atoms with E-state index in [1.54, 1.807) is 19.3 Å². The summed E-state index contributed by atoms with van der Waals surface area (Å²) >= 11 is 1.22. The van der Waals surface area contributed by atoms with Crippen LogP contribution in [0.15, 0.2) is 23.9 Å². The van der Waals surface area contributed by atoms with E-state index in [4.69, 9.17) is 9.31 Å². The Hall–Kier alpha value is -1.15. The number of aliphatic hydroxyl groups is 1. The molecule has 24 heavy (non-hydrogen) atoms. The Kier molecular flexibility index (Phi) is 5.91. The average Bonchev–Trinajstić information content (AvgIpc) is 2.71. The zero-order chi connectivity index (χ0) is 18.0. The number of rotatable bonds is 5. The number of thioether (sulfide) groups is 1. The third kappa shape index (κ3) is 4.48.